The average molecular weight is 386 g/mol. The van der Waals surface area contributed by atoms with Crippen molar-refractivity contribution in [3.63, 3.8) is 0 Å². The highest BCUT2D eigenvalue weighted by Crippen LogP contribution is 2.23. The van der Waals surface area contributed by atoms with Crippen molar-refractivity contribution in [1.82, 2.24) is 10.2 Å². The molecule has 0 aromatic heterocycles. The second-order valence-corrected chi connectivity index (χ2v) is 7.22. The van der Waals surface area contributed by atoms with E-state index in [2.05, 4.69) is 10.6 Å². The van der Waals surface area contributed by atoms with Crippen LogP contribution in [0.4, 0.5) is 10.5 Å². The number of hydrogen-bond acceptors (Lipinski definition) is 2. The van der Waals surface area contributed by atoms with Gasteiger partial charge in [-0.25, -0.2) is 4.79 Å². The summed E-state index contributed by atoms with van der Waals surface area (Å²) in [6.07, 6.45) is 1.32. The standard InChI is InChI=1S/C21H24ClN3O2/c1-15(18-9-5-6-10-19(18)22)23-21(27)25-13-11-16(12-14-25)20(26)24-17-7-3-2-4-8-17/h2-10,15-16H,11-14H2,1H3,(H,23,27)(H,24,26)/t15-/m0/s1. The Bertz CT molecular complexity index is 789. The summed E-state index contributed by atoms with van der Waals surface area (Å²) in [5.41, 5.74) is 1.70. The minimum absolute atomic E-state index is 0.0192. The van der Waals surface area contributed by atoms with Crippen molar-refractivity contribution in [2.45, 2.75) is 25.8 Å². The van der Waals surface area contributed by atoms with E-state index >= 15 is 0 Å². The van der Waals surface area contributed by atoms with Crippen LogP contribution in [0.5, 0.6) is 0 Å². The van der Waals surface area contributed by atoms with Gasteiger partial charge in [-0.3, -0.25) is 4.79 Å². The molecule has 2 N–H and O–H groups in total. The van der Waals surface area contributed by atoms with Crippen LogP contribution in [0.25, 0.3) is 0 Å². The average Bonchev–Trinajstić information content (AvgIpc) is 2.69. The maximum Gasteiger partial charge on any atom is 0.317 e. The Morgan fingerprint density at radius 1 is 1.04 bits per heavy atom. The molecule has 1 aliphatic rings. The Balaban J connectivity index is 1.49. The van der Waals surface area contributed by atoms with Crippen molar-refractivity contribution in [3.05, 3.63) is 65.2 Å². The highest BCUT2D eigenvalue weighted by molar-refractivity contribution is 6.31. The SMILES string of the molecule is C[C@H](NC(=O)N1CCC(C(=O)Nc2ccccc2)CC1)c1ccccc1Cl. The zero-order chi connectivity index (χ0) is 19.2. The highest BCUT2D eigenvalue weighted by atomic mass is 35.5. The quantitative estimate of drug-likeness (QED) is 0.816. The molecule has 1 atom stereocenters. The molecule has 1 saturated heterocycles. The Kier molecular flexibility index (Phi) is 6.35. The summed E-state index contributed by atoms with van der Waals surface area (Å²) < 4.78 is 0. The van der Waals surface area contributed by atoms with Crippen molar-refractivity contribution in [3.8, 4) is 0 Å². The Labute approximate surface area is 164 Å². The van der Waals surface area contributed by atoms with E-state index in [0.717, 1.165) is 11.3 Å². The Morgan fingerprint density at radius 3 is 2.33 bits per heavy atom. The summed E-state index contributed by atoms with van der Waals surface area (Å²) in [5.74, 6) is -0.0547. The number of rotatable bonds is 4. The number of nitrogens with one attached hydrogen (secondary N) is 2. The topological polar surface area (TPSA) is 61.4 Å². The third-order valence-corrected chi connectivity index (χ3v) is 5.25. The molecule has 0 radical (unpaired) electrons. The van der Waals surface area contributed by atoms with Gasteiger partial charge >= 0.3 is 6.03 Å². The van der Waals surface area contributed by atoms with Crippen molar-refractivity contribution < 1.29 is 9.59 Å². The summed E-state index contributed by atoms with van der Waals surface area (Å²) in [7, 11) is 0. The molecule has 0 saturated carbocycles. The van der Waals surface area contributed by atoms with Gasteiger partial charge in [0.05, 0.1) is 6.04 Å². The number of anilines is 1. The lowest BCUT2D eigenvalue weighted by molar-refractivity contribution is -0.121. The van der Waals surface area contributed by atoms with E-state index in [1.54, 1.807) is 4.90 Å². The molecular formula is C21H24ClN3O2. The Morgan fingerprint density at radius 2 is 1.67 bits per heavy atom. The molecule has 0 aliphatic carbocycles. The molecule has 1 aliphatic heterocycles. The van der Waals surface area contributed by atoms with E-state index in [0.29, 0.717) is 31.0 Å². The monoisotopic (exact) mass is 385 g/mol. The second-order valence-electron chi connectivity index (χ2n) is 6.81. The molecule has 0 bridgehead atoms. The fraction of sp³-hybridized carbons (Fsp3) is 0.333. The molecule has 6 heteroatoms. The number of amides is 3. The zero-order valence-corrected chi connectivity index (χ0v) is 16.1. The number of carbonyl (C=O) groups excluding carboxylic acids is 2. The van der Waals surface area contributed by atoms with Gasteiger partial charge < -0.3 is 15.5 Å². The first-order valence-corrected chi connectivity index (χ1v) is 9.58. The number of hydrogen-bond donors (Lipinski definition) is 2. The minimum atomic E-state index is -0.176. The maximum absolute atomic E-state index is 12.5. The minimum Gasteiger partial charge on any atom is -0.331 e. The molecule has 0 spiro atoms. The van der Waals surface area contributed by atoms with Crippen LogP contribution in [-0.2, 0) is 4.79 Å². The number of urea groups is 1. The number of halogens is 1. The smallest absolute Gasteiger partial charge is 0.317 e. The van der Waals surface area contributed by atoms with Crippen molar-refractivity contribution in [1.29, 1.82) is 0 Å². The third kappa shape index (κ3) is 5.01. The van der Waals surface area contributed by atoms with E-state index in [1.807, 2.05) is 61.5 Å². The van der Waals surface area contributed by atoms with Gasteiger partial charge in [-0.05, 0) is 43.5 Å². The van der Waals surface area contributed by atoms with Crippen LogP contribution in [0.2, 0.25) is 5.02 Å². The predicted octanol–water partition coefficient (Wildman–Crippen LogP) is 4.46. The summed E-state index contributed by atoms with van der Waals surface area (Å²) in [6.45, 7) is 3.04. The number of para-hydroxylation sites is 1. The van der Waals surface area contributed by atoms with E-state index < -0.39 is 0 Å². The number of carbonyl (C=O) groups is 2. The zero-order valence-electron chi connectivity index (χ0n) is 15.3. The molecular weight excluding hydrogens is 362 g/mol. The van der Waals surface area contributed by atoms with Gasteiger partial charge in [-0.1, -0.05) is 48.0 Å². The molecule has 27 heavy (non-hydrogen) atoms. The summed E-state index contributed by atoms with van der Waals surface area (Å²) >= 11 is 6.20. The van der Waals surface area contributed by atoms with Gasteiger partial charge in [0.2, 0.25) is 5.91 Å². The predicted molar refractivity (Wildman–Crippen MR) is 108 cm³/mol. The van der Waals surface area contributed by atoms with E-state index in [-0.39, 0.29) is 23.9 Å². The Hall–Kier alpha value is -2.53. The normalized spacial score (nSPS) is 15.9. The molecule has 3 amide bonds. The van der Waals surface area contributed by atoms with Crippen LogP contribution in [0.15, 0.2) is 54.6 Å². The molecule has 1 heterocycles. The molecule has 1 fully saturated rings. The number of likely N-dealkylation sites (tertiary alicyclic amines) is 1. The molecule has 0 unspecified atom stereocenters. The number of nitrogens with zero attached hydrogens (tertiary/aromatic N) is 1. The molecule has 142 valence electrons. The fourth-order valence-corrected chi connectivity index (χ4v) is 3.59. The fourth-order valence-electron chi connectivity index (χ4n) is 3.29. The molecule has 2 aromatic carbocycles. The van der Waals surface area contributed by atoms with Crippen LogP contribution in [0.1, 0.15) is 31.4 Å². The van der Waals surface area contributed by atoms with Crippen molar-refractivity contribution in [2.24, 2.45) is 5.92 Å². The molecule has 2 aromatic rings. The van der Waals surface area contributed by atoms with Crippen molar-refractivity contribution >= 4 is 29.2 Å². The van der Waals surface area contributed by atoms with E-state index in [9.17, 15) is 9.59 Å². The molecule has 3 rings (SSSR count). The lowest BCUT2D eigenvalue weighted by Crippen LogP contribution is -2.46. The van der Waals surface area contributed by atoms with E-state index in [4.69, 9.17) is 11.6 Å². The highest BCUT2D eigenvalue weighted by Gasteiger charge is 2.28. The van der Waals surface area contributed by atoms with Crippen LogP contribution >= 0.6 is 11.6 Å². The summed E-state index contributed by atoms with van der Waals surface area (Å²) in [4.78, 5) is 26.7. The van der Waals surface area contributed by atoms with Gasteiger partial charge in [-0.15, -0.1) is 0 Å². The number of piperidine rings is 1. The lowest BCUT2D eigenvalue weighted by atomic mass is 9.96. The largest absolute Gasteiger partial charge is 0.331 e. The first kappa shape index (κ1) is 19.2. The maximum atomic E-state index is 12.5. The van der Waals surface area contributed by atoms with Crippen LogP contribution < -0.4 is 10.6 Å². The van der Waals surface area contributed by atoms with Crippen molar-refractivity contribution in [2.75, 3.05) is 18.4 Å². The van der Waals surface area contributed by atoms with Crippen LogP contribution in [0, 0.1) is 5.92 Å². The van der Waals surface area contributed by atoms with Gasteiger partial charge in [0, 0.05) is 29.7 Å². The summed E-state index contributed by atoms with van der Waals surface area (Å²) in [5, 5.41) is 6.58. The van der Waals surface area contributed by atoms with Gasteiger partial charge in [-0.2, -0.15) is 0 Å². The third-order valence-electron chi connectivity index (χ3n) is 4.91. The van der Waals surface area contributed by atoms with Gasteiger partial charge in [0.1, 0.15) is 0 Å². The second kappa shape index (κ2) is 8.91. The first-order valence-electron chi connectivity index (χ1n) is 9.20. The van der Waals surface area contributed by atoms with Gasteiger partial charge in [0.15, 0.2) is 0 Å². The van der Waals surface area contributed by atoms with Crippen LogP contribution in [-0.4, -0.2) is 29.9 Å². The summed E-state index contributed by atoms with van der Waals surface area (Å²) in [6, 6.07) is 16.6. The number of benzene rings is 2. The molecule has 5 nitrogen and oxygen atoms in total. The lowest BCUT2D eigenvalue weighted by Gasteiger charge is -2.32. The van der Waals surface area contributed by atoms with E-state index in [1.165, 1.54) is 0 Å². The van der Waals surface area contributed by atoms with Gasteiger partial charge in [0.25, 0.3) is 0 Å². The van der Waals surface area contributed by atoms with Crippen LogP contribution in [0.3, 0.4) is 0 Å². The first-order chi connectivity index (χ1) is 13.0.